The molecule has 1 unspecified atom stereocenters. The number of hydrogen-bond donors (Lipinski definition) is 1. The Morgan fingerprint density at radius 1 is 0.429 bits per heavy atom. The van der Waals surface area contributed by atoms with Crippen molar-refractivity contribution in [3.05, 3.63) is 211 Å². The zero-order valence-corrected chi connectivity index (χ0v) is 30.3. The number of furan rings is 1. The van der Waals surface area contributed by atoms with Gasteiger partial charge in [-0.3, -0.25) is 0 Å². The summed E-state index contributed by atoms with van der Waals surface area (Å²) < 4.78 is 8.54. The Morgan fingerprint density at radius 2 is 1.00 bits per heavy atom. The Kier molecular flexibility index (Phi) is 7.49. The van der Waals surface area contributed by atoms with Gasteiger partial charge in [0.25, 0.3) is 0 Å². The molecule has 0 aliphatic carbocycles. The molecule has 0 fully saturated rings. The molecule has 0 saturated heterocycles. The van der Waals surface area contributed by atoms with Crippen LogP contribution in [-0.4, -0.2) is 16.2 Å². The predicted molar refractivity (Wildman–Crippen MR) is 231 cm³/mol. The molecule has 1 aliphatic rings. The molecule has 0 bridgehead atoms. The molecule has 2 aromatic heterocycles. The lowest BCUT2D eigenvalue weighted by Gasteiger charge is -2.23. The Morgan fingerprint density at radius 3 is 1.77 bits per heavy atom. The van der Waals surface area contributed by atoms with Crippen LogP contribution in [0.5, 0.6) is 0 Å². The van der Waals surface area contributed by atoms with Gasteiger partial charge in [0, 0.05) is 43.9 Å². The van der Waals surface area contributed by atoms with Gasteiger partial charge in [0.15, 0.2) is 6.17 Å². The second kappa shape index (κ2) is 13.1. The summed E-state index contributed by atoms with van der Waals surface area (Å²) in [4.78, 5) is 10.4. The fourth-order valence-corrected chi connectivity index (χ4v) is 8.22. The van der Waals surface area contributed by atoms with Gasteiger partial charge >= 0.3 is 0 Å². The van der Waals surface area contributed by atoms with Crippen molar-refractivity contribution in [3.8, 4) is 27.9 Å². The molecule has 56 heavy (non-hydrogen) atoms. The van der Waals surface area contributed by atoms with Crippen LogP contribution in [0.25, 0.3) is 71.7 Å². The van der Waals surface area contributed by atoms with Gasteiger partial charge in [0.05, 0.1) is 11.0 Å². The van der Waals surface area contributed by atoms with Gasteiger partial charge in [-0.1, -0.05) is 152 Å². The van der Waals surface area contributed by atoms with Crippen molar-refractivity contribution in [1.29, 1.82) is 0 Å². The highest BCUT2D eigenvalue weighted by molar-refractivity contribution is 6.16. The average Bonchev–Trinajstić information content (AvgIpc) is 3.83. The molecule has 0 saturated carbocycles. The fraction of sp³-hybridized carbons (Fsp3) is 0.0196. The normalized spacial score (nSPS) is 14.2. The first-order chi connectivity index (χ1) is 27.7. The molecule has 10 aromatic rings. The Labute approximate surface area is 323 Å². The zero-order chi connectivity index (χ0) is 37.0. The topological polar surface area (TPSA) is 54.8 Å². The summed E-state index contributed by atoms with van der Waals surface area (Å²) in [7, 11) is 0. The maximum absolute atomic E-state index is 6.20. The van der Waals surface area contributed by atoms with Crippen LogP contribution in [0.15, 0.2) is 209 Å². The minimum atomic E-state index is -0.437. The van der Waals surface area contributed by atoms with Gasteiger partial charge < -0.3 is 14.3 Å². The summed E-state index contributed by atoms with van der Waals surface area (Å²) in [5.41, 5.74) is 12.8. The third-order valence-electron chi connectivity index (χ3n) is 10.9. The average molecular weight is 719 g/mol. The van der Waals surface area contributed by atoms with Crippen LogP contribution in [-0.2, 0) is 0 Å². The molecule has 0 radical (unpaired) electrons. The number of rotatable bonds is 6. The van der Waals surface area contributed by atoms with Crippen LogP contribution in [0.2, 0.25) is 0 Å². The lowest BCUT2D eigenvalue weighted by molar-refractivity contribution is 0.669. The van der Waals surface area contributed by atoms with Crippen molar-refractivity contribution in [2.24, 2.45) is 9.98 Å². The molecule has 5 nitrogen and oxygen atoms in total. The highest BCUT2D eigenvalue weighted by Gasteiger charge is 2.22. The standard InChI is InChI=1S/C51H34N4O/c1-2-13-34(14-3-1)49-52-50(54-51(53-49)38-17-11-18-39(32-38)55-44-23-7-4-19-41(44)42-20-5-8-24-45(42)55)35-29-27-33(28-30-35)36-15-10-16-37(31-36)40-22-12-26-47-48(40)43-21-6-9-25-46(43)56-47/h1-32,51H,(H,52,53,54). The van der Waals surface area contributed by atoms with Crippen LogP contribution >= 0.6 is 0 Å². The minimum absolute atomic E-state index is 0.437. The molecule has 1 N–H and O–H groups in total. The van der Waals surface area contributed by atoms with Gasteiger partial charge in [-0.05, 0) is 64.7 Å². The largest absolute Gasteiger partial charge is 0.456 e. The highest BCUT2D eigenvalue weighted by atomic mass is 16.3. The highest BCUT2D eigenvalue weighted by Crippen LogP contribution is 2.38. The third-order valence-corrected chi connectivity index (χ3v) is 10.9. The quantitative estimate of drug-likeness (QED) is 0.186. The molecule has 264 valence electrons. The summed E-state index contributed by atoms with van der Waals surface area (Å²) in [6.07, 6.45) is -0.437. The van der Waals surface area contributed by atoms with Gasteiger partial charge in [0.2, 0.25) is 0 Å². The van der Waals surface area contributed by atoms with E-state index in [9.17, 15) is 0 Å². The SMILES string of the molecule is c1ccc(C2=NC(c3cccc(-n4c5ccccc5c5ccccc54)c3)N=C(c3ccc(-c4cccc(-c5cccc6oc7ccccc7c56)c4)cc3)N2)cc1. The summed E-state index contributed by atoms with van der Waals surface area (Å²) in [5.74, 6) is 1.57. The fourth-order valence-electron chi connectivity index (χ4n) is 8.22. The van der Waals surface area contributed by atoms with Crippen molar-refractivity contribution >= 4 is 55.4 Å². The molecular formula is C51H34N4O. The number of fused-ring (bicyclic) bond motifs is 6. The molecule has 5 heteroatoms. The van der Waals surface area contributed by atoms with Crippen LogP contribution in [0, 0.1) is 0 Å². The van der Waals surface area contributed by atoms with E-state index in [1.165, 1.54) is 21.8 Å². The van der Waals surface area contributed by atoms with E-state index in [4.69, 9.17) is 14.4 Å². The van der Waals surface area contributed by atoms with E-state index in [0.29, 0.717) is 0 Å². The van der Waals surface area contributed by atoms with Crippen molar-refractivity contribution in [2.45, 2.75) is 6.17 Å². The van der Waals surface area contributed by atoms with Crippen LogP contribution in [0.1, 0.15) is 22.9 Å². The van der Waals surface area contributed by atoms with Gasteiger partial charge in [-0.15, -0.1) is 0 Å². The molecule has 8 aromatic carbocycles. The Hall–Kier alpha value is -7.50. The van der Waals surface area contributed by atoms with E-state index in [1.54, 1.807) is 0 Å². The number of aliphatic imine (C=N–C) groups is 2. The monoisotopic (exact) mass is 718 g/mol. The number of para-hydroxylation sites is 3. The predicted octanol–water partition coefficient (Wildman–Crippen LogP) is 12.5. The third kappa shape index (κ3) is 5.40. The first-order valence-electron chi connectivity index (χ1n) is 18.9. The van der Waals surface area contributed by atoms with Crippen LogP contribution in [0.3, 0.4) is 0 Å². The molecule has 1 atom stereocenters. The van der Waals surface area contributed by atoms with Crippen molar-refractivity contribution in [2.75, 3.05) is 0 Å². The molecule has 0 amide bonds. The minimum Gasteiger partial charge on any atom is -0.456 e. The summed E-state index contributed by atoms with van der Waals surface area (Å²) in [6.45, 7) is 0. The van der Waals surface area contributed by atoms with Gasteiger partial charge in [-0.2, -0.15) is 0 Å². The van der Waals surface area contributed by atoms with E-state index >= 15 is 0 Å². The van der Waals surface area contributed by atoms with Crippen LogP contribution < -0.4 is 5.32 Å². The molecule has 11 rings (SSSR count). The molecule has 1 aliphatic heterocycles. The first kappa shape index (κ1) is 32.0. The van der Waals surface area contributed by atoms with E-state index in [1.807, 2.05) is 36.4 Å². The second-order valence-corrected chi connectivity index (χ2v) is 14.2. The lowest BCUT2D eigenvalue weighted by atomic mass is 9.95. The van der Waals surface area contributed by atoms with Gasteiger partial charge in [-0.25, -0.2) is 9.98 Å². The number of hydrogen-bond acceptors (Lipinski definition) is 4. The zero-order valence-electron chi connectivity index (χ0n) is 30.3. The molecule has 0 spiro atoms. The van der Waals surface area contributed by atoms with Crippen molar-refractivity contribution < 1.29 is 4.42 Å². The number of benzene rings is 8. The Bertz CT molecular complexity index is 3120. The maximum Gasteiger partial charge on any atom is 0.169 e. The second-order valence-electron chi connectivity index (χ2n) is 14.2. The molecule has 3 heterocycles. The van der Waals surface area contributed by atoms with E-state index in [0.717, 1.165) is 78.2 Å². The maximum atomic E-state index is 6.20. The molecular weight excluding hydrogens is 685 g/mol. The number of nitrogens with zero attached hydrogens (tertiary/aromatic N) is 3. The van der Waals surface area contributed by atoms with Crippen molar-refractivity contribution in [1.82, 2.24) is 9.88 Å². The number of aromatic nitrogens is 1. The lowest BCUT2D eigenvalue weighted by Crippen LogP contribution is -2.36. The smallest absolute Gasteiger partial charge is 0.169 e. The van der Waals surface area contributed by atoms with Gasteiger partial charge in [0.1, 0.15) is 22.8 Å². The number of amidine groups is 2. The Balaban J connectivity index is 0.961. The number of nitrogens with one attached hydrogen (secondary N) is 1. The van der Waals surface area contributed by atoms with Crippen molar-refractivity contribution in [3.63, 3.8) is 0 Å². The van der Waals surface area contributed by atoms with E-state index in [2.05, 4.69) is 168 Å². The van der Waals surface area contributed by atoms with E-state index < -0.39 is 6.17 Å². The summed E-state index contributed by atoms with van der Waals surface area (Å²) >= 11 is 0. The summed E-state index contributed by atoms with van der Waals surface area (Å²) in [5, 5.41) is 8.32. The first-order valence-corrected chi connectivity index (χ1v) is 18.9. The van der Waals surface area contributed by atoms with E-state index in [-0.39, 0.29) is 0 Å². The van der Waals surface area contributed by atoms with Crippen LogP contribution in [0.4, 0.5) is 0 Å². The summed E-state index contributed by atoms with van der Waals surface area (Å²) in [6, 6.07) is 68.1.